The van der Waals surface area contributed by atoms with Crippen LogP contribution in [0.3, 0.4) is 0 Å². The lowest BCUT2D eigenvalue weighted by Crippen LogP contribution is -2.51. The monoisotopic (exact) mass is 206 g/mol. The van der Waals surface area contributed by atoms with E-state index in [2.05, 4.69) is 5.32 Å². The highest BCUT2D eigenvalue weighted by molar-refractivity contribution is 5.21. The highest BCUT2D eigenvalue weighted by Crippen LogP contribution is 2.20. The van der Waals surface area contributed by atoms with Gasteiger partial charge >= 0.3 is 0 Å². The maximum absolute atomic E-state index is 5.79. The molecular formula is C12H18N2O. The molecule has 1 heterocycles. The Morgan fingerprint density at radius 2 is 2.13 bits per heavy atom. The van der Waals surface area contributed by atoms with Gasteiger partial charge in [-0.2, -0.15) is 0 Å². The standard InChI is InChI=1S/C12H18N2O/c13-9-12(7-4-8-14-12)10-15-11-5-2-1-3-6-11/h1-3,5-6,14H,4,7-10,13H2. The molecule has 1 saturated heterocycles. The van der Waals surface area contributed by atoms with Crippen LogP contribution in [0.2, 0.25) is 0 Å². The van der Waals surface area contributed by atoms with Gasteiger partial charge in [-0.05, 0) is 31.5 Å². The van der Waals surface area contributed by atoms with E-state index in [1.807, 2.05) is 30.3 Å². The van der Waals surface area contributed by atoms with Gasteiger partial charge in [-0.15, -0.1) is 0 Å². The first kappa shape index (κ1) is 10.5. The molecule has 0 amide bonds. The Labute approximate surface area is 90.6 Å². The fourth-order valence-electron chi connectivity index (χ4n) is 1.96. The molecule has 1 aromatic rings. The average molecular weight is 206 g/mol. The maximum Gasteiger partial charge on any atom is 0.119 e. The van der Waals surface area contributed by atoms with Crippen molar-refractivity contribution >= 4 is 0 Å². The number of hydrogen-bond donors (Lipinski definition) is 2. The summed E-state index contributed by atoms with van der Waals surface area (Å²) in [5, 5.41) is 3.44. The Kier molecular flexibility index (Phi) is 3.23. The summed E-state index contributed by atoms with van der Waals surface area (Å²) in [4.78, 5) is 0. The van der Waals surface area contributed by atoms with E-state index < -0.39 is 0 Å². The summed E-state index contributed by atoms with van der Waals surface area (Å²) in [6.45, 7) is 2.35. The van der Waals surface area contributed by atoms with E-state index >= 15 is 0 Å². The van der Waals surface area contributed by atoms with E-state index in [-0.39, 0.29) is 5.54 Å². The van der Waals surface area contributed by atoms with Gasteiger partial charge in [0, 0.05) is 6.54 Å². The summed E-state index contributed by atoms with van der Waals surface area (Å²) < 4.78 is 5.74. The molecule has 1 aliphatic rings. The lowest BCUT2D eigenvalue weighted by atomic mass is 9.99. The van der Waals surface area contributed by atoms with Gasteiger partial charge in [-0.1, -0.05) is 18.2 Å². The van der Waals surface area contributed by atoms with Crippen LogP contribution in [0.25, 0.3) is 0 Å². The third-order valence-corrected chi connectivity index (χ3v) is 2.98. The van der Waals surface area contributed by atoms with Crippen LogP contribution in [0.1, 0.15) is 12.8 Å². The van der Waals surface area contributed by atoms with Crippen molar-refractivity contribution in [2.75, 3.05) is 19.7 Å². The molecule has 3 N–H and O–H groups in total. The minimum Gasteiger partial charge on any atom is -0.492 e. The highest BCUT2D eigenvalue weighted by atomic mass is 16.5. The lowest BCUT2D eigenvalue weighted by Gasteiger charge is -2.27. The van der Waals surface area contributed by atoms with Crippen LogP contribution in [0.15, 0.2) is 30.3 Å². The molecular weight excluding hydrogens is 188 g/mol. The number of ether oxygens (including phenoxy) is 1. The van der Waals surface area contributed by atoms with E-state index in [9.17, 15) is 0 Å². The van der Waals surface area contributed by atoms with Crippen molar-refractivity contribution in [3.63, 3.8) is 0 Å². The molecule has 0 saturated carbocycles. The quantitative estimate of drug-likeness (QED) is 0.776. The van der Waals surface area contributed by atoms with E-state index in [0.717, 1.165) is 18.7 Å². The van der Waals surface area contributed by atoms with Crippen LogP contribution in [0, 0.1) is 0 Å². The summed E-state index contributed by atoms with van der Waals surface area (Å²) in [7, 11) is 0. The van der Waals surface area contributed by atoms with E-state index in [1.165, 1.54) is 6.42 Å². The Balaban J connectivity index is 1.92. The number of benzene rings is 1. The molecule has 82 valence electrons. The molecule has 1 atom stereocenters. The third kappa shape index (κ3) is 2.49. The topological polar surface area (TPSA) is 47.3 Å². The molecule has 1 aromatic carbocycles. The zero-order valence-corrected chi connectivity index (χ0v) is 8.91. The Morgan fingerprint density at radius 1 is 1.33 bits per heavy atom. The van der Waals surface area contributed by atoms with E-state index in [0.29, 0.717) is 13.2 Å². The van der Waals surface area contributed by atoms with Crippen LogP contribution >= 0.6 is 0 Å². The van der Waals surface area contributed by atoms with Gasteiger partial charge in [0.25, 0.3) is 0 Å². The van der Waals surface area contributed by atoms with Gasteiger partial charge < -0.3 is 15.8 Å². The van der Waals surface area contributed by atoms with Crippen LogP contribution in [0.5, 0.6) is 5.75 Å². The van der Waals surface area contributed by atoms with Crippen LogP contribution in [-0.2, 0) is 0 Å². The van der Waals surface area contributed by atoms with Crippen molar-refractivity contribution < 1.29 is 4.74 Å². The molecule has 3 heteroatoms. The minimum atomic E-state index is -0.00413. The largest absolute Gasteiger partial charge is 0.492 e. The Bertz CT molecular complexity index is 294. The first-order valence-electron chi connectivity index (χ1n) is 5.48. The summed E-state index contributed by atoms with van der Waals surface area (Å²) in [6, 6.07) is 9.89. The molecule has 1 aliphatic heterocycles. The predicted molar refractivity (Wildman–Crippen MR) is 61.0 cm³/mol. The molecule has 0 spiro atoms. The zero-order valence-electron chi connectivity index (χ0n) is 8.91. The summed E-state index contributed by atoms with van der Waals surface area (Å²) >= 11 is 0. The molecule has 1 fully saturated rings. The van der Waals surface area contributed by atoms with Crippen LogP contribution in [0.4, 0.5) is 0 Å². The van der Waals surface area contributed by atoms with Crippen molar-refractivity contribution in [2.45, 2.75) is 18.4 Å². The van der Waals surface area contributed by atoms with Crippen molar-refractivity contribution in [1.29, 1.82) is 0 Å². The molecule has 3 nitrogen and oxygen atoms in total. The molecule has 0 bridgehead atoms. The van der Waals surface area contributed by atoms with Crippen LogP contribution in [-0.4, -0.2) is 25.2 Å². The zero-order chi connectivity index (χ0) is 10.6. The molecule has 0 aromatic heterocycles. The normalized spacial score (nSPS) is 25.4. The fourth-order valence-corrected chi connectivity index (χ4v) is 1.96. The lowest BCUT2D eigenvalue weighted by molar-refractivity contribution is 0.203. The van der Waals surface area contributed by atoms with Crippen molar-refractivity contribution in [3.05, 3.63) is 30.3 Å². The summed E-state index contributed by atoms with van der Waals surface area (Å²) in [6.07, 6.45) is 2.30. The first-order chi connectivity index (χ1) is 7.35. The van der Waals surface area contributed by atoms with Gasteiger partial charge in [0.15, 0.2) is 0 Å². The Hall–Kier alpha value is -1.06. The van der Waals surface area contributed by atoms with Crippen molar-refractivity contribution in [3.8, 4) is 5.75 Å². The molecule has 2 rings (SSSR count). The van der Waals surface area contributed by atoms with E-state index in [4.69, 9.17) is 10.5 Å². The Morgan fingerprint density at radius 3 is 2.73 bits per heavy atom. The summed E-state index contributed by atoms with van der Waals surface area (Å²) in [5.41, 5.74) is 5.79. The van der Waals surface area contributed by atoms with Gasteiger partial charge in [0.2, 0.25) is 0 Å². The van der Waals surface area contributed by atoms with Gasteiger partial charge in [0.05, 0.1) is 5.54 Å². The third-order valence-electron chi connectivity index (χ3n) is 2.98. The summed E-state index contributed by atoms with van der Waals surface area (Å²) in [5.74, 6) is 0.916. The second-order valence-electron chi connectivity index (χ2n) is 4.12. The molecule has 1 unspecified atom stereocenters. The average Bonchev–Trinajstić information content (AvgIpc) is 2.77. The molecule has 0 radical (unpaired) electrons. The van der Waals surface area contributed by atoms with Gasteiger partial charge in [0.1, 0.15) is 12.4 Å². The van der Waals surface area contributed by atoms with Crippen molar-refractivity contribution in [2.24, 2.45) is 5.73 Å². The van der Waals surface area contributed by atoms with Crippen molar-refractivity contribution in [1.82, 2.24) is 5.32 Å². The maximum atomic E-state index is 5.79. The number of para-hydroxylation sites is 1. The number of nitrogens with one attached hydrogen (secondary N) is 1. The van der Waals surface area contributed by atoms with E-state index in [1.54, 1.807) is 0 Å². The minimum absolute atomic E-state index is 0.00413. The van der Waals surface area contributed by atoms with Gasteiger partial charge in [-0.25, -0.2) is 0 Å². The number of nitrogens with two attached hydrogens (primary N) is 1. The second kappa shape index (κ2) is 4.64. The molecule has 15 heavy (non-hydrogen) atoms. The van der Waals surface area contributed by atoms with Crippen LogP contribution < -0.4 is 15.8 Å². The highest BCUT2D eigenvalue weighted by Gasteiger charge is 2.32. The fraction of sp³-hybridized carbons (Fsp3) is 0.500. The first-order valence-corrected chi connectivity index (χ1v) is 5.48. The second-order valence-corrected chi connectivity index (χ2v) is 4.12. The SMILES string of the molecule is NCC1(COc2ccccc2)CCCN1. The predicted octanol–water partition coefficient (Wildman–Crippen LogP) is 1.15. The number of rotatable bonds is 4. The number of hydrogen-bond acceptors (Lipinski definition) is 3. The molecule has 0 aliphatic carbocycles. The van der Waals surface area contributed by atoms with Gasteiger partial charge in [-0.3, -0.25) is 0 Å². The smallest absolute Gasteiger partial charge is 0.119 e.